The van der Waals surface area contributed by atoms with Crippen LogP contribution in [0.15, 0.2) is 48.5 Å². The summed E-state index contributed by atoms with van der Waals surface area (Å²) in [6.07, 6.45) is -0.0139. The Hall–Kier alpha value is -2.27. The number of rotatable bonds is 4. The molecule has 0 saturated heterocycles. The summed E-state index contributed by atoms with van der Waals surface area (Å²) in [4.78, 5) is 11.8. The molecule has 0 aliphatic carbocycles. The first-order chi connectivity index (χ1) is 9.56. The van der Waals surface area contributed by atoms with Crippen LogP contribution in [0.4, 0.5) is 14.5 Å². The largest absolute Gasteiger partial charge is 0.324 e. The Morgan fingerprint density at radius 1 is 1.15 bits per heavy atom. The Morgan fingerprint density at radius 2 is 1.85 bits per heavy atom. The monoisotopic (exact) mass is 276 g/mol. The lowest BCUT2D eigenvalue weighted by atomic mass is 10.0. The maximum atomic E-state index is 13.4. The van der Waals surface area contributed by atoms with E-state index in [1.54, 1.807) is 12.1 Å². The molecule has 2 rings (SSSR count). The summed E-state index contributed by atoms with van der Waals surface area (Å²) in [5.74, 6) is -1.77. The first kappa shape index (κ1) is 14.1. The van der Waals surface area contributed by atoms with E-state index in [9.17, 15) is 13.6 Å². The second-order valence-corrected chi connectivity index (χ2v) is 4.39. The van der Waals surface area contributed by atoms with Gasteiger partial charge in [0, 0.05) is 18.5 Å². The van der Waals surface area contributed by atoms with Crippen molar-refractivity contribution < 1.29 is 13.6 Å². The second kappa shape index (κ2) is 6.25. The normalized spacial score (nSPS) is 11.9. The van der Waals surface area contributed by atoms with Gasteiger partial charge in [0.15, 0.2) is 0 Å². The van der Waals surface area contributed by atoms with Crippen molar-refractivity contribution in [3.63, 3.8) is 0 Å². The van der Waals surface area contributed by atoms with E-state index in [4.69, 9.17) is 5.73 Å². The Bertz CT molecular complexity index is 602. The molecule has 20 heavy (non-hydrogen) atoms. The molecule has 3 N–H and O–H groups in total. The van der Waals surface area contributed by atoms with Crippen LogP contribution in [0.2, 0.25) is 0 Å². The van der Waals surface area contributed by atoms with Gasteiger partial charge in [-0.1, -0.05) is 30.3 Å². The summed E-state index contributed by atoms with van der Waals surface area (Å²) in [6, 6.07) is 11.5. The average molecular weight is 276 g/mol. The second-order valence-electron chi connectivity index (χ2n) is 4.39. The van der Waals surface area contributed by atoms with Crippen LogP contribution in [0.5, 0.6) is 0 Å². The quantitative estimate of drug-likeness (QED) is 0.902. The van der Waals surface area contributed by atoms with Crippen molar-refractivity contribution in [2.24, 2.45) is 5.73 Å². The minimum Gasteiger partial charge on any atom is -0.324 e. The van der Waals surface area contributed by atoms with Gasteiger partial charge in [-0.15, -0.1) is 0 Å². The third-order valence-electron chi connectivity index (χ3n) is 2.84. The predicted molar refractivity (Wildman–Crippen MR) is 73.0 cm³/mol. The number of nitrogens with two attached hydrogens (primary N) is 1. The molecule has 0 spiro atoms. The minimum atomic E-state index is -0.687. The highest BCUT2D eigenvalue weighted by atomic mass is 19.1. The number of hydrogen-bond donors (Lipinski definition) is 2. The number of hydrogen-bond acceptors (Lipinski definition) is 2. The van der Waals surface area contributed by atoms with Gasteiger partial charge >= 0.3 is 0 Å². The van der Waals surface area contributed by atoms with Gasteiger partial charge in [-0.05, 0) is 17.7 Å². The Kier molecular flexibility index (Phi) is 4.42. The molecule has 0 aromatic heterocycles. The molecule has 1 atom stereocenters. The molecule has 5 heteroatoms. The molecule has 0 bridgehead atoms. The maximum Gasteiger partial charge on any atom is 0.226 e. The van der Waals surface area contributed by atoms with E-state index in [1.807, 2.05) is 18.2 Å². The number of benzene rings is 2. The summed E-state index contributed by atoms with van der Waals surface area (Å²) < 4.78 is 26.4. The van der Waals surface area contributed by atoms with Crippen molar-refractivity contribution in [1.82, 2.24) is 0 Å². The van der Waals surface area contributed by atoms with E-state index in [-0.39, 0.29) is 12.1 Å². The highest BCUT2D eigenvalue weighted by Crippen LogP contribution is 2.18. The SMILES string of the molecule is NC(CC(=O)Nc1cc(F)ccc1F)c1ccccc1. The van der Waals surface area contributed by atoms with Gasteiger partial charge in [0.1, 0.15) is 11.6 Å². The summed E-state index contributed by atoms with van der Waals surface area (Å²) in [6.45, 7) is 0. The van der Waals surface area contributed by atoms with E-state index < -0.39 is 23.6 Å². The van der Waals surface area contributed by atoms with Crippen molar-refractivity contribution in [1.29, 1.82) is 0 Å². The molecule has 1 unspecified atom stereocenters. The molecule has 0 aliphatic rings. The predicted octanol–water partition coefficient (Wildman–Crippen LogP) is 2.99. The number of amides is 1. The molecule has 0 radical (unpaired) electrons. The smallest absolute Gasteiger partial charge is 0.226 e. The number of carbonyl (C=O) groups excluding carboxylic acids is 1. The van der Waals surface area contributed by atoms with E-state index in [0.717, 1.165) is 23.8 Å². The molecule has 2 aromatic carbocycles. The van der Waals surface area contributed by atoms with E-state index in [2.05, 4.69) is 5.32 Å². The summed E-state index contributed by atoms with van der Waals surface area (Å²) in [7, 11) is 0. The zero-order valence-electron chi connectivity index (χ0n) is 10.6. The molecular weight excluding hydrogens is 262 g/mol. The molecule has 2 aromatic rings. The van der Waals surface area contributed by atoms with Crippen LogP contribution < -0.4 is 11.1 Å². The van der Waals surface area contributed by atoms with Crippen LogP contribution in [0.3, 0.4) is 0 Å². The standard InChI is InChI=1S/C15H14F2N2O/c16-11-6-7-12(17)14(8-11)19-15(20)9-13(18)10-4-2-1-3-5-10/h1-8,13H,9,18H2,(H,19,20). The Balaban J connectivity index is 2.01. The van der Waals surface area contributed by atoms with Crippen LogP contribution in [0, 0.1) is 11.6 Å². The van der Waals surface area contributed by atoms with Crippen molar-refractivity contribution >= 4 is 11.6 Å². The van der Waals surface area contributed by atoms with Gasteiger partial charge in [-0.3, -0.25) is 4.79 Å². The van der Waals surface area contributed by atoms with Crippen LogP contribution >= 0.6 is 0 Å². The fraction of sp³-hybridized carbons (Fsp3) is 0.133. The fourth-order valence-electron chi connectivity index (χ4n) is 1.81. The first-order valence-corrected chi connectivity index (χ1v) is 6.11. The zero-order chi connectivity index (χ0) is 14.5. The average Bonchev–Trinajstić information content (AvgIpc) is 2.43. The Labute approximate surface area is 115 Å². The van der Waals surface area contributed by atoms with Crippen LogP contribution in [-0.4, -0.2) is 5.91 Å². The molecule has 0 heterocycles. The molecule has 1 amide bonds. The van der Waals surface area contributed by atoms with E-state index in [1.165, 1.54) is 0 Å². The molecule has 0 fully saturated rings. The summed E-state index contributed by atoms with van der Waals surface area (Å²) in [5, 5.41) is 2.32. The fourth-order valence-corrected chi connectivity index (χ4v) is 1.81. The highest BCUT2D eigenvalue weighted by Gasteiger charge is 2.13. The Morgan fingerprint density at radius 3 is 2.55 bits per heavy atom. The topological polar surface area (TPSA) is 55.1 Å². The number of nitrogens with one attached hydrogen (secondary N) is 1. The van der Waals surface area contributed by atoms with Crippen molar-refractivity contribution in [3.05, 3.63) is 65.7 Å². The van der Waals surface area contributed by atoms with E-state index >= 15 is 0 Å². The van der Waals surface area contributed by atoms with Gasteiger partial charge in [-0.2, -0.15) is 0 Å². The highest BCUT2D eigenvalue weighted by molar-refractivity contribution is 5.91. The third kappa shape index (κ3) is 3.61. The number of carbonyl (C=O) groups is 1. The summed E-state index contributed by atoms with van der Waals surface area (Å²) in [5.41, 5.74) is 6.51. The maximum absolute atomic E-state index is 13.4. The van der Waals surface area contributed by atoms with Crippen molar-refractivity contribution in [2.75, 3.05) is 5.32 Å². The number of halogens is 2. The van der Waals surface area contributed by atoms with E-state index in [0.29, 0.717) is 0 Å². The first-order valence-electron chi connectivity index (χ1n) is 6.11. The number of anilines is 1. The van der Waals surface area contributed by atoms with Crippen LogP contribution in [0.25, 0.3) is 0 Å². The zero-order valence-corrected chi connectivity index (χ0v) is 10.6. The van der Waals surface area contributed by atoms with Crippen LogP contribution in [-0.2, 0) is 4.79 Å². The van der Waals surface area contributed by atoms with Gasteiger partial charge in [0.05, 0.1) is 5.69 Å². The van der Waals surface area contributed by atoms with Crippen LogP contribution in [0.1, 0.15) is 18.0 Å². The lowest BCUT2D eigenvalue weighted by molar-refractivity contribution is -0.116. The molecule has 104 valence electrons. The minimum absolute atomic E-state index is 0.0139. The molecule has 0 aliphatic heterocycles. The third-order valence-corrected chi connectivity index (χ3v) is 2.84. The summed E-state index contributed by atoms with van der Waals surface area (Å²) >= 11 is 0. The molecule has 3 nitrogen and oxygen atoms in total. The van der Waals surface area contributed by atoms with Gasteiger partial charge in [0.25, 0.3) is 0 Å². The van der Waals surface area contributed by atoms with Gasteiger partial charge in [0.2, 0.25) is 5.91 Å². The lowest BCUT2D eigenvalue weighted by Gasteiger charge is -2.12. The van der Waals surface area contributed by atoms with Crippen molar-refractivity contribution in [2.45, 2.75) is 12.5 Å². The lowest BCUT2D eigenvalue weighted by Crippen LogP contribution is -2.21. The molecule has 0 saturated carbocycles. The van der Waals surface area contributed by atoms with Crippen molar-refractivity contribution in [3.8, 4) is 0 Å². The molecular formula is C15H14F2N2O. The van der Waals surface area contributed by atoms with Gasteiger partial charge < -0.3 is 11.1 Å². The van der Waals surface area contributed by atoms with Gasteiger partial charge in [-0.25, -0.2) is 8.78 Å².